The van der Waals surface area contributed by atoms with Crippen LogP contribution in [0.4, 0.5) is 11.4 Å². The lowest BCUT2D eigenvalue weighted by Gasteiger charge is -2.09. The van der Waals surface area contributed by atoms with Crippen LogP contribution >= 0.6 is 0 Å². The van der Waals surface area contributed by atoms with E-state index in [2.05, 4.69) is 12.1 Å². The van der Waals surface area contributed by atoms with Crippen molar-refractivity contribution in [1.82, 2.24) is 0 Å². The summed E-state index contributed by atoms with van der Waals surface area (Å²) in [6, 6.07) is 15.7. The molecule has 0 amide bonds. The molecule has 0 aliphatic carbocycles. The molecular formula is C15H16N2. The molecule has 2 heteroatoms. The summed E-state index contributed by atoms with van der Waals surface area (Å²) < 4.78 is 0. The summed E-state index contributed by atoms with van der Waals surface area (Å²) in [6.07, 6.45) is 2.08. The zero-order chi connectivity index (χ0) is 12.3. The van der Waals surface area contributed by atoms with E-state index in [4.69, 9.17) is 11.5 Å². The van der Waals surface area contributed by atoms with E-state index >= 15 is 0 Å². The zero-order valence-electron chi connectivity index (χ0n) is 9.85. The molecule has 0 fully saturated rings. The van der Waals surface area contributed by atoms with E-state index in [-0.39, 0.29) is 0 Å². The summed E-state index contributed by atoms with van der Waals surface area (Å²) >= 11 is 0. The molecule has 2 nitrogen and oxygen atoms in total. The van der Waals surface area contributed by atoms with Crippen molar-refractivity contribution in [2.45, 2.75) is 6.92 Å². The first-order valence-corrected chi connectivity index (χ1v) is 5.59. The lowest BCUT2D eigenvalue weighted by atomic mass is 9.97. The number of anilines is 2. The largest absolute Gasteiger partial charge is 0.399 e. The second-order valence-corrected chi connectivity index (χ2v) is 3.95. The van der Waals surface area contributed by atoms with Gasteiger partial charge in [-0.25, -0.2) is 0 Å². The summed E-state index contributed by atoms with van der Waals surface area (Å²) in [7, 11) is 0. The van der Waals surface area contributed by atoms with E-state index in [1.165, 1.54) is 0 Å². The number of benzene rings is 2. The van der Waals surface area contributed by atoms with Gasteiger partial charge in [0, 0.05) is 11.4 Å². The fraction of sp³-hybridized carbons (Fsp3) is 0.0667. The number of hydrogen-bond acceptors (Lipinski definition) is 2. The molecule has 0 spiro atoms. The second-order valence-electron chi connectivity index (χ2n) is 3.95. The molecule has 0 saturated carbocycles. The van der Waals surface area contributed by atoms with Crippen molar-refractivity contribution >= 4 is 16.9 Å². The van der Waals surface area contributed by atoms with Gasteiger partial charge in [-0.3, -0.25) is 0 Å². The fourth-order valence-electron chi connectivity index (χ4n) is 1.87. The Kier molecular flexibility index (Phi) is 3.15. The first kappa shape index (κ1) is 11.3. The topological polar surface area (TPSA) is 52.0 Å². The Morgan fingerprint density at radius 1 is 0.882 bits per heavy atom. The van der Waals surface area contributed by atoms with E-state index in [1.54, 1.807) is 0 Å². The minimum Gasteiger partial charge on any atom is -0.399 e. The molecule has 2 aromatic rings. The lowest BCUT2D eigenvalue weighted by molar-refractivity contribution is 1.52. The SMILES string of the molecule is C/C=C(/c1ccc(N)cc1)c1cccc(N)c1. The highest BCUT2D eigenvalue weighted by atomic mass is 14.5. The molecule has 2 rings (SSSR count). The molecule has 0 aromatic heterocycles. The maximum Gasteiger partial charge on any atom is 0.0320 e. The second kappa shape index (κ2) is 4.74. The van der Waals surface area contributed by atoms with E-state index in [0.717, 1.165) is 28.1 Å². The maximum atomic E-state index is 5.81. The normalized spacial score (nSPS) is 11.5. The molecule has 4 N–H and O–H groups in total. The molecule has 0 heterocycles. The van der Waals surface area contributed by atoms with Crippen LogP contribution in [0.3, 0.4) is 0 Å². The van der Waals surface area contributed by atoms with Crippen molar-refractivity contribution < 1.29 is 0 Å². The predicted octanol–water partition coefficient (Wildman–Crippen LogP) is 3.30. The smallest absolute Gasteiger partial charge is 0.0320 e. The minimum absolute atomic E-state index is 0.775. The highest BCUT2D eigenvalue weighted by Crippen LogP contribution is 2.25. The Balaban J connectivity index is 2.44. The zero-order valence-corrected chi connectivity index (χ0v) is 9.85. The third kappa shape index (κ3) is 2.48. The molecule has 86 valence electrons. The summed E-state index contributed by atoms with van der Waals surface area (Å²) in [5.74, 6) is 0. The summed E-state index contributed by atoms with van der Waals surface area (Å²) in [5.41, 5.74) is 16.5. The van der Waals surface area contributed by atoms with Gasteiger partial charge in [0.2, 0.25) is 0 Å². The van der Waals surface area contributed by atoms with E-state index in [1.807, 2.05) is 49.4 Å². The van der Waals surface area contributed by atoms with Gasteiger partial charge < -0.3 is 11.5 Å². The van der Waals surface area contributed by atoms with Gasteiger partial charge in [-0.2, -0.15) is 0 Å². The van der Waals surface area contributed by atoms with Crippen molar-refractivity contribution in [2.24, 2.45) is 0 Å². The monoisotopic (exact) mass is 224 g/mol. The van der Waals surface area contributed by atoms with Gasteiger partial charge in [0.05, 0.1) is 0 Å². The Morgan fingerprint density at radius 2 is 1.59 bits per heavy atom. The third-order valence-corrected chi connectivity index (χ3v) is 2.71. The van der Waals surface area contributed by atoms with Crippen LogP contribution in [0.25, 0.3) is 5.57 Å². The molecule has 0 aliphatic heterocycles. The summed E-state index contributed by atoms with van der Waals surface area (Å²) in [5, 5.41) is 0. The van der Waals surface area contributed by atoms with Crippen LogP contribution in [0.5, 0.6) is 0 Å². The van der Waals surface area contributed by atoms with Gasteiger partial charge in [0.1, 0.15) is 0 Å². The lowest BCUT2D eigenvalue weighted by Crippen LogP contribution is -1.91. The summed E-state index contributed by atoms with van der Waals surface area (Å²) in [6.45, 7) is 2.02. The number of nitrogen functional groups attached to an aromatic ring is 2. The molecule has 0 unspecified atom stereocenters. The van der Waals surface area contributed by atoms with E-state index < -0.39 is 0 Å². The number of nitrogens with two attached hydrogens (primary N) is 2. The highest BCUT2D eigenvalue weighted by Gasteiger charge is 2.03. The van der Waals surface area contributed by atoms with Gasteiger partial charge in [-0.1, -0.05) is 30.3 Å². The fourth-order valence-corrected chi connectivity index (χ4v) is 1.87. The number of allylic oxidation sites excluding steroid dienone is 1. The molecule has 0 radical (unpaired) electrons. The van der Waals surface area contributed by atoms with Gasteiger partial charge in [-0.05, 0) is 47.9 Å². The number of hydrogen-bond donors (Lipinski definition) is 2. The van der Waals surface area contributed by atoms with Crippen LogP contribution in [0.1, 0.15) is 18.1 Å². The van der Waals surface area contributed by atoms with Crippen molar-refractivity contribution in [2.75, 3.05) is 11.5 Å². The van der Waals surface area contributed by atoms with Crippen molar-refractivity contribution in [3.63, 3.8) is 0 Å². The molecular weight excluding hydrogens is 208 g/mol. The van der Waals surface area contributed by atoms with Crippen LogP contribution < -0.4 is 11.5 Å². The molecule has 0 bridgehead atoms. The van der Waals surface area contributed by atoms with Crippen molar-refractivity contribution in [1.29, 1.82) is 0 Å². The predicted molar refractivity (Wildman–Crippen MR) is 74.5 cm³/mol. The van der Waals surface area contributed by atoms with Crippen LogP contribution in [0.2, 0.25) is 0 Å². The maximum absolute atomic E-state index is 5.81. The van der Waals surface area contributed by atoms with Crippen LogP contribution in [0, 0.1) is 0 Å². The third-order valence-electron chi connectivity index (χ3n) is 2.71. The molecule has 0 atom stereocenters. The van der Waals surface area contributed by atoms with Gasteiger partial charge in [0.25, 0.3) is 0 Å². The first-order chi connectivity index (χ1) is 8.20. The highest BCUT2D eigenvalue weighted by molar-refractivity contribution is 5.81. The van der Waals surface area contributed by atoms with Gasteiger partial charge >= 0.3 is 0 Å². The van der Waals surface area contributed by atoms with Crippen LogP contribution in [-0.4, -0.2) is 0 Å². The molecule has 0 saturated heterocycles. The first-order valence-electron chi connectivity index (χ1n) is 5.59. The van der Waals surface area contributed by atoms with Crippen LogP contribution in [-0.2, 0) is 0 Å². The van der Waals surface area contributed by atoms with Gasteiger partial charge in [-0.15, -0.1) is 0 Å². The van der Waals surface area contributed by atoms with Crippen molar-refractivity contribution in [3.8, 4) is 0 Å². The number of rotatable bonds is 2. The minimum atomic E-state index is 0.775. The standard InChI is InChI=1S/C15H16N2/c1-2-15(11-6-8-13(16)9-7-11)12-4-3-5-14(17)10-12/h2-10H,16-17H2,1H3/b15-2-. The Labute approximate surface area is 102 Å². The molecule has 2 aromatic carbocycles. The average Bonchev–Trinajstić information content (AvgIpc) is 2.33. The Hall–Kier alpha value is -2.22. The molecule has 17 heavy (non-hydrogen) atoms. The quantitative estimate of drug-likeness (QED) is 0.769. The van der Waals surface area contributed by atoms with Gasteiger partial charge in [0.15, 0.2) is 0 Å². The van der Waals surface area contributed by atoms with E-state index in [0.29, 0.717) is 0 Å². The Bertz CT molecular complexity index is 539. The average molecular weight is 224 g/mol. The Morgan fingerprint density at radius 3 is 2.18 bits per heavy atom. The van der Waals surface area contributed by atoms with E-state index in [9.17, 15) is 0 Å². The van der Waals surface area contributed by atoms with Crippen LogP contribution in [0.15, 0.2) is 54.6 Å². The summed E-state index contributed by atoms with van der Waals surface area (Å²) in [4.78, 5) is 0. The van der Waals surface area contributed by atoms with Crippen molar-refractivity contribution in [3.05, 3.63) is 65.7 Å². The molecule has 0 aliphatic rings.